The van der Waals surface area contributed by atoms with Crippen molar-refractivity contribution >= 4 is 17.2 Å². The van der Waals surface area contributed by atoms with E-state index < -0.39 is 0 Å². The largest absolute Gasteiger partial charge is 0.497 e. The molecule has 6 nitrogen and oxygen atoms in total. The van der Waals surface area contributed by atoms with Crippen LogP contribution in [0.3, 0.4) is 0 Å². The molecule has 2 N–H and O–H groups in total. The summed E-state index contributed by atoms with van der Waals surface area (Å²) in [6, 6.07) is 7.38. The van der Waals surface area contributed by atoms with Crippen molar-refractivity contribution in [2.75, 3.05) is 13.7 Å². The van der Waals surface area contributed by atoms with Gasteiger partial charge >= 0.3 is 0 Å². The van der Waals surface area contributed by atoms with E-state index in [1.807, 2.05) is 24.3 Å². The lowest BCUT2D eigenvalue weighted by Crippen LogP contribution is -2.13. The number of methoxy groups -OCH3 is 1. The molecule has 0 saturated heterocycles. The van der Waals surface area contributed by atoms with E-state index in [0.717, 1.165) is 11.5 Å². The van der Waals surface area contributed by atoms with Gasteiger partial charge in [-0.1, -0.05) is 12.2 Å². The molecule has 0 bridgehead atoms. The summed E-state index contributed by atoms with van der Waals surface area (Å²) in [5.41, 5.74) is 5.42. The first-order valence-corrected chi connectivity index (χ1v) is 6.06. The van der Waals surface area contributed by atoms with Crippen LogP contribution < -0.4 is 15.2 Å². The highest BCUT2D eigenvalue weighted by atomic mass is 32.1. The lowest BCUT2D eigenvalue weighted by molar-refractivity contribution is 0.290. The molecule has 0 aliphatic rings. The number of hydrogen-bond acceptors (Lipinski definition) is 5. The zero-order valence-electron chi connectivity index (χ0n) is 10.4. The number of aromatic nitrogens is 3. The van der Waals surface area contributed by atoms with Gasteiger partial charge in [0.25, 0.3) is 0 Å². The fourth-order valence-electron chi connectivity index (χ4n) is 1.44. The Morgan fingerprint density at radius 3 is 2.58 bits per heavy atom. The van der Waals surface area contributed by atoms with Crippen LogP contribution in [0.4, 0.5) is 0 Å². The Labute approximate surface area is 116 Å². The van der Waals surface area contributed by atoms with E-state index >= 15 is 0 Å². The first-order chi connectivity index (χ1) is 9.19. The van der Waals surface area contributed by atoms with Gasteiger partial charge in [0, 0.05) is 0 Å². The zero-order chi connectivity index (χ0) is 13.7. The summed E-state index contributed by atoms with van der Waals surface area (Å²) in [4.78, 5) is 4.17. The Bertz CT molecular complexity index is 553. The van der Waals surface area contributed by atoms with Crippen molar-refractivity contribution < 1.29 is 9.47 Å². The number of rotatable bonds is 6. The number of nitrogens with zero attached hydrogens (tertiary/aromatic N) is 3. The topological polar surface area (TPSA) is 75.2 Å². The van der Waals surface area contributed by atoms with Gasteiger partial charge in [-0.2, -0.15) is 0 Å². The maximum Gasteiger partial charge on any atom is 0.208 e. The van der Waals surface area contributed by atoms with Crippen molar-refractivity contribution in [2.45, 2.75) is 6.54 Å². The Balaban J connectivity index is 1.83. The zero-order valence-corrected chi connectivity index (χ0v) is 11.3. The molecule has 0 unspecified atom stereocenters. The van der Waals surface area contributed by atoms with E-state index in [1.54, 1.807) is 18.1 Å². The van der Waals surface area contributed by atoms with Crippen LogP contribution in [0.15, 0.2) is 30.6 Å². The first-order valence-electron chi connectivity index (χ1n) is 5.65. The maximum atomic E-state index is 5.57. The Kier molecular flexibility index (Phi) is 4.30. The van der Waals surface area contributed by atoms with E-state index in [9.17, 15) is 0 Å². The highest BCUT2D eigenvalue weighted by Gasteiger charge is 2.03. The molecule has 7 heteroatoms. The summed E-state index contributed by atoms with van der Waals surface area (Å²) in [6.07, 6.45) is 1.58. The number of thiocarbonyl (C=S) groups is 1. The average Bonchev–Trinajstić information content (AvgIpc) is 2.89. The first kappa shape index (κ1) is 13.3. The van der Waals surface area contributed by atoms with Gasteiger partial charge in [-0.3, -0.25) is 0 Å². The van der Waals surface area contributed by atoms with Gasteiger partial charge in [-0.15, -0.1) is 5.10 Å². The quantitative estimate of drug-likeness (QED) is 0.795. The second-order valence-corrected chi connectivity index (χ2v) is 4.16. The standard InChI is InChI=1S/C12H14N4O2S/c1-17-9-2-4-10(5-3-9)18-7-6-16-8-14-12(15-16)11(13)19/h2-5,8H,6-7H2,1H3,(H2,13,19). The molecule has 0 aliphatic heterocycles. The SMILES string of the molecule is COc1ccc(OCCn2cnc(C(N)=S)n2)cc1. The van der Waals surface area contributed by atoms with Gasteiger partial charge in [-0.05, 0) is 24.3 Å². The van der Waals surface area contributed by atoms with Crippen LogP contribution in [0.25, 0.3) is 0 Å². The van der Waals surface area contributed by atoms with Crippen molar-refractivity contribution in [2.24, 2.45) is 5.73 Å². The van der Waals surface area contributed by atoms with E-state index in [2.05, 4.69) is 10.1 Å². The lowest BCUT2D eigenvalue weighted by atomic mass is 10.3. The number of hydrogen-bond donors (Lipinski definition) is 1. The fraction of sp³-hybridized carbons (Fsp3) is 0.250. The van der Waals surface area contributed by atoms with Crippen molar-refractivity contribution in [1.82, 2.24) is 14.8 Å². The normalized spacial score (nSPS) is 10.2. The van der Waals surface area contributed by atoms with Crippen LogP contribution >= 0.6 is 12.2 Å². The summed E-state index contributed by atoms with van der Waals surface area (Å²) in [6.45, 7) is 1.05. The number of nitrogens with two attached hydrogens (primary N) is 1. The molecule has 2 aromatic rings. The molecule has 0 aliphatic carbocycles. The van der Waals surface area contributed by atoms with Crippen LogP contribution in [0.1, 0.15) is 5.82 Å². The van der Waals surface area contributed by atoms with Crippen molar-refractivity contribution in [3.05, 3.63) is 36.4 Å². The van der Waals surface area contributed by atoms with Crippen LogP contribution in [0, 0.1) is 0 Å². The monoisotopic (exact) mass is 278 g/mol. The molecule has 0 radical (unpaired) electrons. The molecule has 0 atom stereocenters. The Morgan fingerprint density at radius 1 is 1.32 bits per heavy atom. The molecule has 0 saturated carbocycles. The van der Waals surface area contributed by atoms with E-state index in [4.69, 9.17) is 27.4 Å². The third-order valence-electron chi connectivity index (χ3n) is 2.41. The van der Waals surface area contributed by atoms with Crippen LogP contribution in [0.2, 0.25) is 0 Å². The average molecular weight is 278 g/mol. The lowest BCUT2D eigenvalue weighted by Gasteiger charge is -2.06. The Morgan fingerprint density at radius 2 is 2.00 bits per heavy atom. The van der Waals surface area contributed by atoms with E-state index in [1.165, 1.54) is 0 Å². The van der Waals surface area contributed by atoms with Crippen LogP contribution in [0.5, 0.6) is 11.5 Å². The molecular weight excluding hydrogens is 264 g/mol. The minimum atomic E-state index is 0.190. The van der Waals surface area contributed by atoms with Gasteiger partial charge < -0.3 is 15.2 Å². The van der Waals surface area contributed by atoms with Crippen LogP contribution in [-0.4, -0.2) is 33.5 Å². The van der Waals surface area contributed by atoms with Crippen LogP contribution in [-0.2, 0) is 6.54 Å². The van der Waals surface area contributed by atoms with Gasteiger partial charge in [-0.25, -0.2) is 9.67 Å². The molecule has 0 amide bonds. The summed E-state index contributed by atoms with van der Waals surface area (Å²) in [5, 5.41) is 4.11. The molecule has 1 heterocycles. The second-order valence-electron chi connectivity index (χ2n) is 3.72. The third kappa shape index (κ3) is 3.65. The highest BCUT2D eigenvalue weighted by Crippen LogP contribution is 2.16. The van der Waals surface area contributed by atoms with Gasteiger partial charge in [0.15, 0.2) is 0 Å². The molecule has 19 heavy (non-hydrogen) atoms. The Hall–Kier alpha value is -2.15. The molecule has 1 aromatic heterocycles. The van der Waals surface area contributed by atoms with Gasteiger partial charge in [0.1, 0.15) is 29.4 Å². The second kappa shape index (κ2) is 6.14. The summed E-state index contributed by atoms with van der Waals surface area (Å²) in [7, 11) is 1.63. The third-order valence-corrected chi connectivity index (χ3v) is 2.59. The predicted octanol–water partition coefficient (Wildman–Crippen LogP) is 1.000. The minimum absolute atomic E-state index is 0.190. The van der Waals surface area contributed by atoms with Crippen molar-refractivity contribution in [3.8, 4) is 11.5 Å². The minimum Gasteiger partial charge on any atom is -0.497 e. The molecule has 100 valence electrons. The summed E-state index contributed by atoms with van der Waals surface area (Å²) < 4.78 is 12.3. The van der Waals surface area contributed by atoms with Gasteiger partial charge in [0.2, 0.25) is 5.82 Å². The van der Waals surface area contributed by atoms with Crippen molar-refractivity contribution in [1.29, 1.82) is 0 Å². The number of ether oxygens (including phenoxy) is 2. The molecule has 2 rings (SSSR count). The van der Waals surface area contributed by atoms with E-state index in [0.29, 0.717) is 19.0 Å². The molecule has 0 fully saturated rings. The molecule has 0 spiro atoms. The summed E-state index contributed by atoms with van der Waals surface area (Å²) >= 11 is 4.78. The molecular formula is C12H14N4O2S. The smallest absolute Gasteiger partial charge is 0.208 e. The predicted molar refractivity (Wildman–Crippen MR) is 74.4 cm³/mol. The van der Waals surface area contributed by atoms with E-state index in [-0.39, 0.29) is 4.99 Å². The number of benzene rings is 1. The summed E-state index contributed by atoms with van der Waals surface area (Å²) in [5.74, 6) is 1.94. The van der Waals surface area contributed by atoms with Gasteiger partial charge in [0.05, 0.1) is 13.7 Å². The maximum absolute atomic E-state index is 5.57. The fourth-order valence-corrected chi connectivity index (χ4v) is 1.54. The highest BCUT2D eigenvalue weighted by molar-refractivity contribution is 7.80. The molecule has 1 aromatic carbocycles. The van der Waals surface area contributed by atoms with Crippen molar-refractivity contribution in [3.63, 3.8) is 0 Å².